The van der Waals surface area contributed by atoms with Crippen molar-refractivity contribution in [3.63, 3.8) is 0 Å². The van der Waals surface area contributed by atoms with Crippen molar-refractivity contribution in [2.45, 2.75) is 19.5 Å². The van der Waals surface area contributed by atoms with E-state index in [2.05, 4.69) is 30.6 Å². The maximum atomic E-state index is 12.3. The molecule has 0 aliphatic carbocycles. The number of thiazole rings is 1. The van der Waals surface area contributed by atoms with Crippen LogP contribution in [0.4, 0.5) is 0 Å². The SMILES string of the molecule is O=C(O)c1ccc(CNC(=O)c2csc(CCNCc3nc4ccccc4[nH]3)n2)cn1. The topological polar surface area (TPSA) is 133 Å². The molecule has 0 atom stereocenters. The molecule has 1 aromatic carbocycles. The van der Waals surface area contributed by atoms with Gasteiger partial charge < -0.3 is 20.7 Å². The second kappa shape index (κ2) is 9.45. The van der Waals surface area contributed by atoms with E-state index in [1.54, 1.807) is 11.4 Å². The summed E-state index contributed by atoms with van der Waals surface area (Å²) in [5.74, 6) is -0.482. The molecule has 0 bridgehead atoms. The van der Waals surface area contributed by atoms with E-state index in [9.17, 15) is 9.59 Å². The van der Waals surface area contributed by atoms with Crippen LogP contribution in [0.3, 0.4) is 0 Å². The number of pyridine rings is 1. The van der Waals surface area contributed by atoms with Crippen LogP contribution in [0, 0.1) is 0 Å². The van der Waals surface area contributed by atoms with Crippen molar-refractivity contribution >= 4 is 34.2 Å². The molecule has 4 aromatic rings. The highest BCUT2D eigenvalue weighted by atomic mass is 32.1. The lowest BCUT2D eigenvalue weighted by molar-refractivity contribution is 0.0690. The van der Waals surface area contributed by atoms with Crippen molar-refractivity contribution in [1.82, 2.24) is 30.6 Å². The fourth-order valence-electron chi connectivity index (χ4n) is 2.95. The molecule has 0 saturated carbocycles. The predicted molar refractivity (Wildman–Crippen MR) is 116 cm³/mol. The number of H-pyrrole nitrogens is 1. The summed E-state index contributed by atoms with van der Waals surface area (Å²) in [6.07, 6.45) is 2.14. The Morgan fingerprint density at radius 3 is 2.71 bits per heavy atom. The second-order valence-electron chi connectivity index (χ2n) is 6.79. The predicted octanol–water partition coefficient (Wildman–Crippen LogP) is 2.37. The van der Waals surface area contributed by atoms with E-state index >= 15 is 0 Å². The molecule has 9 nitrogen and oxygen atoms in total. The van der Waals surface area contributed by atoms with Crippen LogP contribution in [0.2, 0.25) is 0 Å². The second-order valence-corrected chi connectivity index (χ2v) is 7.74. The average molecular weight is 436 g/mol. The van der Waals surface area contributed by atoms with E-state index < -0.39 is 5.97 Å². The highest BCUT2D eigenvalue weighted by Crippen LogP contribution is 2.12. The van der Waals surface area contributed by atoms with Gasteiger partial charge in [-0.1, -0.05) is 18.2 Å². The highest BCUT2D eigenvalue weighted by Gasteiger charge is 2.11. The van der Waals surface area contributed by atoms with Gasteiger partial charge in [0.05, 0.1) is 22.6 Å². The van der Waals surface area contributed by atoms with Gasteiger partial charge in [-0.05, 0) is 23.8 Å². The zero-order valence-electron chi connectivity index (χ0n) is 16.5. The van der Waals surface area contributed by atoms with Crippen LogP contribution < -0.4 is 10.6 Å². The number of para-hydroxylation sites is 2. The van der Waals surface area contributed by atoms with Gasteiger partial charge in [-0.15, -0.1) is 11.3 Å². The van der Waals surface area contributed by atoms with E-state index in [1.807, 2.05) is 24.3 Å². The monoisotopic (exact) mass is 436 g/mol. The zero-order chi connectivity index (χ0) is 21.6. The maximum Gasteiger partial charge on any atom is 0.354 e. The molecule has 0 aliphatic rings. The summed E-state index contributed by atoms with van der Waals surface area (Å²) in [6, 6.07) is 10.9. The standard InChI is InChI=1S/C21H20N6O3S/c28-20(24-10-13-5-6-16(21(29)30)23-9-13)17-12-31-19(27-17)7-8-22-11-18-25-14-3-1-2-4-15(14)26-18/h1-6,9,12,22H,7-8,10-11H2,(H,24,28)(H,25,26)(H,29,30). The van der Waals surface area contributed by atoms with Crippen LogP contribution in [0.25, 0.3) is 11.0 Å². The first-order valence-corrected chi connectivity index (χ1v) is 10.5. The Balaban J connectivity index is 1.22. The molecule has 10 heteroatoms. The molecule has 158 valence electrons. The summed E-state index contributed by atoms with van der Waals surface area (Å²) in [7, 11) is 0. The number of carbonyl (C=O) groups is 2. The van der Waals surface area contributed by atoms with Gasteiger partial charge in [0, 0.05) is 31.1 Å². The minimum Gasteiger partial charge on any atom is -0.477 e. The molecule has 4 N–H and O–H groups in total. The van der Waals surface area contributed by atoms with Gasteiger partial charge >= 0.3 is 5.97 Å². The van der Waals surface area contributed by atoms with Crippen molar-refractivity contribution in [2.24, 2.45) is 0 Å². The number of rotatable bonds is 9. The van der Waals surface area contributed by atoms with Gasteiger partial charge in [-0.2, -0.15) is 0 Å². The lowest BCUT2D eigenvalue weighted by Crippen LogP contribution is -2.23. The fourth-order valence-corrected chi connectivity index (χ4v) is 3.73. The smallest absolute Gasteiger partial charge is 0.354 e. The van der Waals surface area contributed by atoms with Gasteiger partial charge in [-0.25, -0.2) is 19.7 Å². The first kappa shape index (κ1) is 20.6. The molecule has 0 radical (unpaired) electrons. The number of hydrogen-bond acceptors (Lipinski definition) is 7. The Morgan fingerprint density at radius 2 is 1.94 bits per heavy atom. The Labute approximate surface area is 181 Å². The first-order valence-electron chi connectivity index (χ1n) is 9.63. The van der Waals surface area contributed by atoms with Crippen molar-refractivity contribution in [2.75, 3.05) is 6.54 Å². The minimum atomic E-state index is -1.09. The molecular weight excluding hydrogens is 416 g/mol. The van der Waals surface area contributed by atoms with Gasteiger partial charge in [0.15, 0.2) is 0 Å². The number of amides is 1. The average Bonchev–Trinajstić information content (AvgIpc) is 3.42. The summed E-state index contributed by atoms with van der Waals surface area (Å²) >= 11 is 1.44. The largest absolute Gasteiger partial charge is 0.477 e. The molecule has 0 aliphatic heterocycles. The summed E-state index contributed by atoms with van der Waals surface area (Å²) < 4.78 is 0. The fraction of sp³-hybridized carbons (Fsp3) is 0.190. The lowest BCUT2D eigenvalue weighted by Gasteiger charge is -2.03. The number of aromatic carboxylic acids is 1. The molecule has 0 spiro atoms. The number of hydrogen-bond donors (Lipinski definition) is 4. The van der Waals surface area contributed by atoms with Crippen molar-refractivity contribution in [1.29, 1.82) is 0 Å². The molecular formula is C21H20N6O3S. The number of carboxylic acids is 1. The lowest BCUT2D eigenvalue weighted by atomic mass is 10.2. The molecule has 4 rings (SSSR count). The third-order valence-corrected chi connectivity index (χ3v) is 5.44. The van der Waals surface area contributed by atoms with Gasteiger partial charge in [0.2, 0.25) is 0 Å². The summed E-state index contributed by atoms with van der Waals surface area (Å²) in [5.41, 5.74) is 3.01. The molecule has 1 amide bonds. The Bertz CT molecular complexity index is 1170. The first-order chi connectivity index (χ1) is 15.1. The van der Waals surface area contributed by atoms with Gasteiger partial charge in [-0.3, -0.25) is 4.79 Å². The normalized spacial score (nSPS) is 11.0. The number of nitrogens with zero attached hydrogens (tertiary/aromatic N) is 3. The third-order valence-electron chi connectivity index (χ3n) is 4.53. The van der Waals surface area contributed by atoms with Crippen LogP contribution in [0.15, 0.2) is 48.0 Å². The van der Waals surface area contributed by atoms with E-state index in [4.69, 9.17) is 5.11 Å². The minimum absolute atomic E-state index is 0.0341. The van der Waals surface area contributed by atoms with E-state index in [-0.39, 0.29) is 18.1 Å². The van der Waals surface area contributed by atoms with Crippen LogP contribution in [0.1, 0.15) is 37.4 Å². The summed E-state index contributed by atoms with van der Waals surface area (Å²) in [5, 5.41) is 17.6. The number of aromatic nitrogens is 4. The van der Waals surface area contributed by atoms with Crippen molar-refractivity contribution < 1.29 is 14.7 Å². The number of carboxylic acid groups (broad SMARTS) is 1. The van der Waals surface area contributed by atoms with Crippen LogP contribution >= 0.6 is 11.3 Å². The van der Waals surface area contributed by atoms with Gasteiger partial charge in [0.25, 0.3) is 5.91 Å². The Hall–Kier alpha value is -3.63. The Morgan fingerprint density at radius 1 is 1.06 bits per heavy atom. The molecule has 31 heavy (non-hydrogen) atoms. The van der Waals surface area contributed by atoms with Crippen LogP contribution in [-0.2, 0) is 19.5 Å². The number of nitrogens with one attached hydrogen (secondary N) is 3. The van der Waals surface area contributed by atoms with Crippen LogP contribution in [0.5, 0.6) is 0 Å². The molecule has 3 heterocycles. The number of benzene rings is 1. The summed E-state index contributed by atoms with van der Waals surface area (Å²) in [4.78, 5) is 39.1. The molecule has 0 saturated heterocycles. The van der Waals surface area contributed by atoms with E-state index in [0.29, 0.717) is 30.8 Å². The molecule has 0 fully saturated rings. The number of imidazole rings is 1. The molecule has 3 aromatic heterocycles. The third kappa shape index (κ3) is 5.30. The number of aromatic amines is 1. The van der Waals surface area contributed by atoms with Gasteiger partial charge in [0.1, 0.15) is 17.2 Å². The quantitative estimate of drug-likeness (QED) is 0.296. The van der Waals surface area contributed by atoms with Crippen molar-refractivity contribution in [3.05, 3.63) is 75.8 Å². The van der Waals surface area contributed by atoms with E-state index in [1.165, 1.54) is 23.6 Å². The maximum absolute atomic E-state index is 12.3. The van der Waals surface area contributed by atoms with E-state index in [0.717, 1.165) is 21.9 Å². The molecule has 0 unspecified atom stereocenters. The number of fused-ring (bicyclic) bond motifs is 1. The Kier molecular flexibility index (Phi) is 6.29. The number of carbonyl (C=O) groups excluding carboxylic acids is 1. The highest BCUT2D eigenvalue weighted by molar-refractivity contribution is 7.09. The van der Waals surface area contributed by atoms with Crippen molar-refractivity contribution in [3.8, 4) is 0 Å². The van der Waals surface area contributed by atoms with Crippen LogP contribution in [-0.4, -0.2) is 43.5 Å². The summed E-state index contributed by atoms with van der Waals surface area (Å²) in [6.45, 7) is 1.59. The zero-order valence-corrected chi connectivity index (χ0v) is 17.3.